The second-order valence-corrected chi connectivity index (χ2v) is 4.97. The highest BCUT2D eigenvalue weighted by molar-refractivity contribution is 9.10. The summed E-state index contributed by atoms with van der Waals surface area (Å²) in [5, 5.41) is 11.7. The van der Waals surface area contributed by atoms with Crippen molar-refractivity contribution in [1.82, 2.24) is 9.55 Å². The first-order chi connectivity index (χ1) is 9.17. The van der Waals surface area contributed by atoms with Gasteiger partial charge in [-0.2, -0.15) is 0 Å². The molecule has 100 valence electrons. The number of halogens is 1. The topological polar surface area (TPSA) is 76.4 Å². The van der Waals surface area contributed by atoms with Gasteiger partial charge in [-0.15, -0.1) is 0 Å². The third-order valence-electron chi connectivity index (χ3n) is 2.81. The number of hydrogen-bond donors (Lipinski definition) is 2. The molecule has 0 amide bonds. The van der Waals surface area contributed by atoms with Gasteiger partial charge in [-0.25, -0.2) is 4.98 Å². The number of aryl methyl sites for hydroxylation is 1. The molecule has 0 saturated carbocycles. The van der Waals surface area contributed by atoms with Crippen LogP contribution in [0.3, 0.4) is 0 Å². The number of rotatable bonds is 4. The molecule has 19 heavy (non-hydrogen) atoms. The molecule has 0 unspecified atom stereocenters. The first-order valence-electron chi connectivity index (χ1n) is 5.97. The van der Waals surface area contributed by atoms with Gasteiger partial charge in [0.15, 0.2) is 5.84 Å². The van der Waals surface area contributed by atoms with Crippen LogP contribution in [0, 0.1) is 0 Å². The predicted molar refractivity (Wildman–Crippen MR) is 77.8 cm³/mol. The van der Waals surface area contributed by atoms with Crippen molar-refractivity contribution in [3.63, 3.8) is 0 Å². The second-order valence-electron chi connectivity index (χ2n) is 4.11. The third kappa shape index (κ3) is 2.78. The number of nitrogens with zero attached hydrogens (tertiary/aromatic N) is 3. The lowest BCUT2D eigenvalue weighted by molar-refractivity contribution is 0.318. The van der Waals surface area contributed by atoms with Crippen molar-refractivity contribution in [3.05, 3.63) is 46.5 Å². The molecule has 6 heteroatoms. The van der Waals surface area contributed by atoms with Crippen molar-refractivity contribution in [3.8, 4) is 5.69 Å². The molecule has 1 heterocycles. The van der Waals surface area contributed by atoms with Gasteiger partial charge in [-0.05, 0) is 40.5 Å². The van der Waals surface area contributed by atoms with Gasteiger partial charge in [0.2, 0.25) is 0 Å². The Morgan fingerprint density at radius 2 is 2.32 bits per heavy atom. The van der Waals surface area contributed by atoms with Crippen LogP contribution in [0.1, 0.15) is 24.7 Å². The maximum atomic E-state index is 8.71. The first-order valence-corrected chi connectivity index (χ1v) is 6.76. The molecule has 0 fully saturated rings. The van der Waals surface area contributed by atoms with E-state index >= 15 is 0 Å². The molecule has 2 aromatic rings. The summed E-state index contributed by atoms with van der Waals surface area (Å²) >= 11 is 3.43. The van der Waals surface area contributed by atoms with Gasteiger partial charge >= 0.3 is 0 Å². The fourth-order valence-electron chi connectivity index (χ4n) is 1.89. The summed E-state index contributed by atoms with van der Waals surface area (Å²) in [6.45, 7) is 2.12. The summed E-state index contributed by atoms with van der Waals surface area (Å²) in [4.78, 5) is 4.34. The van der Waals surface area contributed by atoms with Crippen LogP contribution < -0.4 is 5.73 Å². The summed E-state index contributed by atoms with van der Waals surface area (Å²) in [6.07, 6.45) is 5.68. The molecule has 5 nitrogen and oxygen atoms in total. The van der Waals surface area contributed by atoms with Gasteiger partial charge in [0, 0.05) is 34.5 Å². The van der Waals surface area contributed by atoms with Crippen LogP contribution in [0.25, 0.3) is 5.69 Å². The monoisotopic (exact) mass is 322 g/mol. The molecule has 0 aliphatic carbocycles. The molecular weight excluding hydrogens is 308 g/mol. The van der Waals surface area contributed by atoms with E-state index in [9.17, 15) is 0 Å². The molecule has 1 aromatic carbocycles. The van der Waals surface area contributed by atoms with Crippen molar-refractivity contribution >= 4 is 21.8 Å². The fraction of sp³-hybridized carbons (Fsp3) is 0.231. The molecule has 0 atom stereocenters. The van der Waals surface area contributed by atoms with E-state index in [1.807, 2.05) is 29.0 Å². The van der Waals surface area contributed by atoms with Gasteiger partial charge in [0.05, 0.1) is 0 Å². The van der Waals surface area contributed by atoms with E-state index in [4.69, 9.17) is 10.9 Å². The molecule has 0 aliphatic heterocycles. The zero-order valence-electron chi connectivity index (χ0n) is 10.5. The van der Waals surface area contributed by atoms with Gasteiger partial charge in [-0.3, -0.25) is 0 Å². The summed E-state index contributed by atoms with van der Waals surface area (Å²) in [6, 6.07) is 5.65. The Morgan fingerprint density at radius 1 is 1.53 bits per heavy atom. The van der Waals surface area contributed by atoms with Crippen LogP contribution >= 0.6 is 15.9 Å². The maximum absolute atomic E-state index is 8.71. The van der Waals surface area contributed by atoms with Crippen molar-refractivity contribution in [2.24, 2.45) is 10.9 Å². The molecular formula is C13H15BrN4O. The zero-order chi connectivity index (χ0) is 13.8. The minimum Gasteiger partial charge on any atom is -0.409 e. The molecule has 0 saturated heterocycles. The minimum atomic E-state index is 0.0813. The lowest BCUT2D eigenvalue weighted by atomic mass is 10.2. The van der Waals surface area contributed by atoms with E-state index in [0.29, 0.717) is 5.56 Å². The highest BCUT2D eigenvalue weighted by Gasteiger charge is 2.09. The number of oxime groups is 1. The molecule has 0 aliphatic rings. The van der Waals surface area contributed by atoms with Crippen LogP contribution in [0.2, 0.25) is 0 Å². The average Bonchev–Trinajstić information content (AvgIpc) is 2.86. The van der Waals surface area contributed by atoms with Crippen LogP contribution in [0.15, 0.2) is 40.2 Å². The fourth-order valence-corrected chi connectivity index (χ4v) is 2.46. The summed E-state index contributed by atoms with van der Waals surface area (Å²) < 4.78 is 2.81. The van der Waals surface area contributed by atoms with E-state index in [-0.39, 0.29) is 5.84 Å². The molecule has 3 N–H and O–H groups in total. The maximum Gasteiger partial charge on any atom is 0.171 e. The van der Waals surface area contributed by atoms with E-state index in [0.717, 1.165) is 28.8 Å². The van der Waals surface area contributed by atoms with E-state index in [1.54, 1.807) is 6.20 Å². The lowest BCUT2D eigenvalue weighted by Gasteiger charge is -2.10. The highest BCUT2D eigenvalue weighted by Crippen LogP contribution is 2.22. The van der Waals surface area contributed by atoms with Crippen LogP contribution in [0.5, 0.6) is 0 Å². The van der Waals surface area contributed by atoms with Gasteiger partial charge in [0.25, 0.3) is 0 Å². The number of nitrogens with two attached hydrogens (primary N) is 1. The Labute approximate surface area is 119 Å². The average molecular weight is 323 g/mol. The van der Waals surface area contributed by atoms with Crippen molar-refractivity contribution in [1.29, 1.82) is 0 Å². The van der Waals surface area contributed by atoms with E-state index in [2.05, 4.69) is 33.0 Å². The van der Waals surface area contributed by atoms with Crippen molar-refractivity contribution in [2.45, 2.75) is 19.8 Å². The molecule has 1 aromatic heterocycles. The Morgan fingerprint density at radius 3 is 2.95 bits per heavy atom. The second kappa shape index (κ2) is 5.88. The summed E-state index contributed by atoms with van der Waals surface area (Å²) in [7, 11) is 0. The molecule has 0 radical (unpaired) electrons. The molecule has 0 spiro atoms. The third-order valence-corrected chi connectivity index (χ3v) is 3.46. The Balaban J connectivity index is 2.42. The van der Waals surface area contributed by atoms with E-state index in [1.165, 1.54) is 0 Å². The normalized spacial score (nSPS) is 11.8. The molecule has 0 bridgehead atoms. The smallest absolute Gasteiger partial charge is 0.171 e. The van der Waals surface area contributed by atoms with Crippen LogP contribution in [0.4, 0.5) is 0 Å². The Hall–Kier alpha value is -1.82. The number of imidazole rings is 1. The number of hydrogen-bond acceptors (Lipinski definition) is 3. The lowest BCUT2D eigenvalue weighted by Crippen LogP contribution is -2.14. The van der Waals surface area contributed by atoms with Gasteiger partial charge < -0.3 is 15.5 Å². The summed E-state index contributed by atoms with van der Waals surface area (Å²) in [5.41, 5.74) is 7.24. The minimum absolute atomic E-state index is 0.0813. The van der Waals surface area contributed by atoms with Crippen molar-refractivity contribution < 1.29 is 5.21 Å². The van der Waals surface area contributed by atoms with Crippen LogP contribution in [-0.2, 0) is 6.42 Å². The predicted octanol–water partition coefficient (Wildman–Crippen LogP) is 2.68. The first kappa shape index (κ1) is 13.6. The standard InChI is InChI=1S/C13H15BrN4O/c1-2-3-12-16-6-7-18(12)9-4-5-10(11(14)8-9)13(15)17-19/h4-8,19H,2-3H2,1H3,(H2,15,17). The van der Waals surface area contributed by atoms with E-state index < -0.39 is 0 Å². The number of aromatic nitrogens is 2. The van der Waals surface area contributed by atoms with Gasteiger partial charge in [-0.1, -0.05) is 12.1 Å². The van der Waals surface area contributed by atoms with Crippen LogP contribution in [-0.4, -0.2) is 20.6 Å². The number of benzene rings is 1. The molecule has 2 rings (SSSR count). The quantitative estimate of drug-likeness (QED) is 0.393. The zero-order valence-corrected chi connectivity index (χ0v) is 12.1. The Kier molecular flexibility index (Phi) is 4.21. The largest absolute Gasteiger partial charge is 0.409 e. The Bertz CT molecular complexity index is 606. The number of amidine groups is 1. The SMILES string of the molecule is CCCc1nccn1-c1ccc(/C(N)=N/O)c(Br)c1. The highest BCUT2D eigenvalue weighted by atomic mass is 79.9. The summed E-state index contributed by atoms with van der Waals surface area (Å²) in [5.74, 6) is 1.10. The van der Waals surface area contributed by atoms with Gasteiger partial charge in [0.1, 0.15) is 5.82 Å². The van der Waals surface area contributed by atoms with Crippen molar-refractivity contribution in [2.75, 3.05) is 0 Å².